The van der Waals surface area contributed by atoms with Crippen LogP contribution in [0.3, 0.4) is 0 Å². The maximum atomic E-state index is 11.8. The summed E-state index contributed by atoms with van der Waals surface area (Å²) in [4.78, 5) is 11.8. The second kappa shape index (κ2) is 1.70. The average Bonchev–Trinajstić information content (AvgIpc) is 2.41. The minimum Gasteiger partial charge on any atom is -0.299 e. The molecule has 0 unspecified atom stereocenters. The van der Waals surface area contributed by atoms with E-state index in [4.69, 9.17) is 0 Å². The first-order valence-corrected chi connectivity index (χ1v) is 4.87. The molecule has 0 aromatic heterocycles. The molecule has 1 nitrogen and oxygen atoms in total. The van der Waals surface area contributed by atoms with Crippen molar-refractivity contribution in [3.05, 3.63) is 0 Å². The van der Waals surface area contributed by atoms with Crippen LogP contribution in [0.25, 0.3) is 0 Å². The van der Waals surface area contributed by atoms with E-state index in [-0.39, 0.29) is 5.41 Å². The molecule has 3 aliphatic rings. The average molecular weight is 152 g/mol. The first-order chi connectivity index (χ1) is 5.33. The van der Waals surface area contributed by atoms with Crippen LogP contribution >= 0.6 is 0 Å². The molecule has 0 radical (unpaired) electrons. The third-order valence-corrected chi connectivity index (χ3v) is 4.32. The van der Waals surface area contributed by atoms with Crippen LogP contribution in [0.1, 0.15) is 38.5 Å². The summed E-state index contributed by atoms with van der Waals surface area (Å²) in [5.41, 5.74) is 0.253. The van der Waals surface area contributed by atoms with Crippen molar-refractivity contribution in [3.8, 4) is 0 Å². The molecule has 0 amide bonds. The van der Waals surface area contributed by atoms with Gasteiger partial charge in [-0.3, -0.25) is 4.79 Å². The monoisotopic (exact) mass is 152 g/mol. The van der Waals surface area contributed by atoms with E-state index < -0.39 is 0 Å². The smallest absolute Gasteiger partial charge is 0.142 e. The highest BCUT2D eigenvalue weighted by Crippen LogP contribution is 2.62. The summed E-state index contributed by atoms with van der Waals surface area (Å²) in [5, 5.41) is 0. The molecule has 1 heteroatoms. The molecule has 0 heterocycles. The summed E-state index contributed by atoms with van der Waals surface area (Å²) in [6, 6.07) is 0. The van der Waals surface area contributed by atoms with Gasteiger partial charge in [0.1, 0.15) is 5.78 Å². The molecular formula is C10H14O. The summed E-state index contributed by atoms with van der Waals surface area (Å²) < 4.78 is 0. The van der Waals surface area contributed by atoms with Crippen LogP contribution in [0.2, 0.25) is 0 Å². The molecule has 3 saturated carbocycles. The van der Waals surface area contributed by atoms with Gasteiger partial charge in [0.25, 0.3) is 0 Å². The number of ketones is 1. The standard InChI is InChI=1S/C10H14O/c11-9-7-2-3-8(6-7)10(9)4-1-5-10/h7-8H,1-6H2/t7-,8+/m1/s1/i11+2. The molecule has 0 aliphatic heterocycles. The van der Waals surface area contributed by atoms with Crippen molar-refractivity contribution in [3.63, 3.8) is 0 Å². The van der Waals surface area contributed by atoms with Gasteiger partial charge in [0.15, 0.2) is 0 Å². The van der Waals surface area contributed by atoms with E-state index in [2.05, 4.69) is 0 Å². The highest BCUT2D eigenvalue weighted by Gasteiger charge is 2.59. The Morgan fingerprint density at radius 3 is 2.45 bits per heavy atom. The van der Waals surface area contributed by atoms with E-state index >= 15 is 0 Å². The summed E-state index contributed by atoms with van der Waals surface area (Å²) in [6.07, 6.45) is 7.59. The third-order valence-electron chi connectivity index (χ3n) is 4.32. The third kappa shape index (κ3) is 0.533. The van der Waals surface area contributed by atoms with Crippen LogP contribution in [-0.4, -0.2) is 5.78 Å². The molecule has 3 rings (SSSR count). The summed E-state index contributed by atoms with van der Waals surface area (Å²) >= 11 is 0. The van der Waals surface area contributed by atoms with Gasteiger partial charge < -0.3 is 0 Å². The lowest BCUT2D eigenvalue weighted by Crippen LogP contribution is -2.42. The molecule has 60 valence electrons. The Morgan fingerprint density at radius 1 is 1.27 bits per heavy atom. The zero-order valence-corrected chi connectivity index (χ0v) is 6.81. The Balaban J connectivity index is 2.00. The number of rotatable bonds is 0. The van der Waals surface area contributed by atoms with Crippen molar-refractivity contribution >= 4 is 5.78 Å². The quantitative estimate of drug-likeness (QED) is 0.486. The predicted molar refractivity (Wildman–Crippen MR) is 42.1 cm³/mol. The maximum Gasteiger partial charge on any atom is 0.142 e. The van der Waals surface area contributed by atoms with Crippen molar-refractivity contribution in [2.45, 2.75) is 38.5 Å². The van der Waals surface area contributed by atoms with Crippen LogP contribution in [0.5, 0.6) is 0 Å². The van der Waals surface area contributed by atoms with Crippen molar-refractivity contribution in [1.29, 1.82) is 0 Å². The molecule has 1 spiro atoms. The number of hydrogen-bond donors (Lipinski definition) is 0. The summed E-state index contributed by atoms with van der Waals surface area (Å²) in [6.45, 7) is 0. The van der Waals surface area contributed by atoms with E-state index in [0.717, 1.165) is 5.92 Å². The first-order valence-electron chi connectivity index (χ1n) is 4.87. The second-order valence-electron chi connectivity index (χ2n) is 4.58. The maximum absolute atomic E-state index is 11.8. The van der Waals surface area contributed by atoms with E-state index in [1.54, 1.807) is 0 Å². The number of fused-ring (bicyclic) bond motifs is 3. The number of hydrogen-bond acceptors (Lipinski definition) is 1. The van der Waals surface area contributed by atoms with Crippen LogP contribution in [0.4, 0.5) is 0 Å². The number of Topliss-reactive ketones (excluding diaryl/α,β-unsaturated/α-hetero) is 1. The Hall–Kier alpha value is -0.330. The molecule has 0 aromatic carbocycles. The van der Waals surface area contributed by atoms with E-state index in [0.29, 0.717) is 11.7 Å². The van der Waals surface area contributed by atoms with Crippen LogP contribution in [-0.2, 0) is 4.79 Å². The van der Waals surface area contributed by atoms with Crippen LogP contribution < -0.4 is 0 Å². The van der Waals surface area contributed by atoms with Gasteiger partial charge in [-0.15, -0.1) is 0 Å². The minimum absolute atomic E-state index is 0.253. The normalized spacial score (nSPS) is 44.9. The van der Waals surface area contributed by atoms with Gasteiger partial charge in [-0.05, 0) is 38.0 Å². The molecule has 0 aromatic rings. The van der Waals surface area contributed by atoms with E-state index in [9.17, 15) is 4.79 Å². The van der Waals surface area contributed by atoms with Gasteiger partial charge >= 0.3 is 0 Å². The van der Waals surface area contributed by atoms with Gasteiger partial charge in [-0.1, -0.05) is 6.42 Å². The fourth-order valence-corrected chi connectivity index (χ4v) is 3.54. The van der Waals surface area contributed by atoms with Gasteiger partial charge in [0.05, 0.1) is 0 Å². The first kappa shape index (κ1) is 6.22. The molecule has 0 saturated heterocycles. The number of carbonyl (C=O) groups excluding carboxylic acids is 1. The lowest BCUT2D eigenvalue weighted by Gasteiger charge is -2.43. The van der Waals surface area contributed by atoms with Crippen LogP contribution in [0, 0.1) is 17.3 Å². The van der Waals surface area contributed by atoms with E-state index in [1.807, 2.05) is 0 Å². The van der Waals surface area contributed by atoms with E-state index in [1.165, 1.54) is 38.5 Å². The Kier molecular flexibility index (Phi) is 0.961. The minimum atomic E-state index is 0.253. The molecule has 3 aliphatic carbocycles. The zero-order chi connectivity index (χ0) is 7.47. The predicted octanol–water partition coefficient (Wildman–Crippen LogP) is 2.16. The molecule has 11 heavy (non-hydrogen) atoms. The highest BCUT2D eigenvalue weighted by atomic mass is 18.1. The fraction of sp³-hybridized carbons (Fsp3) is 0.900. The molecule has 2 bridgehead atoms. The Bertz CT molecular complexity index is 215. The summed E-state index contributed by atoms with van der Waals surface area (Å²) in [5.74, 6) is 1.97. The van der Waals surface area contributed by atoms with Crippen molar-refractivity contribution in [2.75, 3.05) is 0 Å². The topological polar surface area (TPSA) is 17.1 Å². The van der Waals surface area contributed by atoms with Crippen molar-refractivity contribution in [1.82, 2.24) is 0 Å². The highest BCUT2D eigenvalue weighted by molar-refractivity contribution is 5.91. The van der Waals surface area contributed by atoms with Crippen molar-refractivity contribution in [2.24, 2.45) is 17.3 Å². The van der Waals surface area contributed by atoms with Gasteiger partial charge in [0, 0.05) is 11.3 Å². The summed E-state index contributed by atoms with van der Waals surface area (Å²) in [7, 11) is 0. The molecule has 0 N–H and O–H groups in total. The Labute approximate surface area is 67.2 Å². The van der Waals surface area contributed by atoms with Gasteiger partial charge in [0.2, 0.25) is 0 Å². The van der Waals surface area contributed by atoms with Gasteiger partial charge in [-0.2, -0.15) is 0 Å². The molecule has 3 fully saturated rings. The molecule has 2 atom stereocenters. The fourth-order valence-electron chi connectivity index (χ4n) is 3.54. The number of carbonyl (C=O) groups is 1. The van der Waals surface area contributed by atoms with Gasteiger partial charge in [-0.25, -0.2) is 0 Å². The van der Waals surface area contributed by atoms with Crippen LogP contribution in [0.15, 0.2) is 0 Å². The van der Waals surface area contributed by atoms with Crippen molar-refractivity contribution < 1.29 is 4.79 Å². The second-order valence-corrected chi connectivity index (χ2v) is 4.58. The molecular weight excluding hydrogens is 138 g/mol. The zero-order valence-electron chi connectivity index (χ0n) is 6.81. The Morgan fingerprint density at radius 2 is 2.09 bits per heavy atom. The lowest BCUT2D eigenvalue weighted by molar-refractivity contribution is -0.137. The SMILES string of the molecule is [18O]=C1[C@@H]2CC[C@@H](C2)C12CCC2. The lowest BCUT2D eigenvalue weighted by atomic mass is 9.59. The largest absolute Gasteiger partial charge is 0.299 e.